The van der Waals surface area contributed by atoms with Gasteiger partial charge in [-0.1, -0.05) is 29.3 Å². The van der Waals surface area contributed by atoms with Gasteiger partial charge in [0, 0.05) is 10.6 Å². The van der Waals surface area contributed by atoms with Crippen LogP contribution in [0.1, 0.15) is 37.8 Å². The van der Waals surface area contributed by atoms with E-state index in [1.165, 1.54) is 37.5 Å². The number of furan rings is 1. The van der Waals surface area contributed by atoms with Crippen LogP contribution >= 0.6 is 11.6 Å². The summed E-state index contributed by atoms with van der Waals surface area (Å²) in [4.78, 5) is 50.4. The molecule has 0 saturated carbocycles. The van der Waals surface area contributed by atoms with Crippen molar-refractivity contribution in [1.29, 1.82) is 0 Å². The molecule has 4 rings (SSSR count). The number of hydrogen-bond donors (Lipinski definition) is 1. The zero-order valence-corrected chi connectivity index (χ0v) is 19.4. The van der Waals surface area contributed by atoms with Gasteiger partial charge in [-0.05, 0) is 55.5 Å². The molecule has 2 heterocycles. The van der Waals surface area contributed by atoms with Crippen molar-refractivity contribution in [1.82, 2.24) is 10.2 Å². The molecule has 0 atom stereocenters. The molecule has 0 bridgehead atoms. The third-order valence-corrected chi connectivity index (χ3v) is 5.29. The number of carbonyl (C=O) groups excluding carboxylic acids is 4. The fourth-order valence-corrected chi connectivity index (χ4v) is 3.54. The second-order valence-electron chi connectivity index (χ2n) is 7.58. The van der Waals surface area contributed by atoms with Gasteiger partial charge in [0.25, 0.3) is 5.91 Å². The molecule has 0 aliphatic carbocycles. The Bertz CT molecular complexity index is 1380. The Hall–Kier alpha value is -4.37. The fraction of sp³-hybridized carbons (Fsp3) is 0.120. The van der Waals surface area contributed by atoms with Crippen molar-refractivity contribution in [3.8, 4) is 5.75 Å². The van der Waals surface area contributed by atoms with E-state index >= 15 is 0 Å². The van der Waals surface area contributed by atoms with Gasteiger partial charge in [0.05, 0.1) is 19.2 Å². The van der Waals surface area contributed by atoms with Gasteiger partial charge in [-0.2, -0.15) is 0 Å². The Kier molecular flexibility index (Phi) is 6.70. The van der Waals surface area contributed by atoms with Crippen LogP contribution in [0.4, 0.5) is 4.79 Å². The van der Waals surface area contributed by atoms with Crippen molar-refractivity contribution in [2.45, 2.75) is 13.5 Å². The van der Waals surface area contributed by atoms with Crippen LogP contribution in [0.25, 0.3) is 6.08 Å². The summed E-state index contributed by atoms with van der Waals surface area (Å²) < 4.78 is 15.4. The highest BCUT2D eigenvalue weighted by Crippen LogP contribution is 2.28. The molecule has 1 fully saturated rings. The number of aryl methyl sites for hydroxylation is 1. The second-order valence-corrected chi connectivity index (χ2v) is 8.01. The molecule has 1 aliphatic rings. The maximum atomic E-state index is 12.9. The molecule has 1 aliphatic heterocycles. The van der Waals surface area contributed by atoms with Crippen LogP contribution in [0, 0.1) is 6.92 Å². The van der Waals surface area contributed by atoms with Gasteiger partial charge in [0.1, 0.15) is 17.2 Å². The van der Waals surface area contributed by atoms with E-state index in [0.29, 0.717) is 16.1 Å². The number of amides is 3. The lowest BCUT2D eigenvalue weighted by atomic mass is 10.1. The van der Waals surface area contributed by atoms with E-state index in [-0.39, 0.29) is 29.5 Å². The molecule has 3 aromatic rings. The lowest BCUT2D eigenvalue weighted by Crippen LogP contribution is -2.30. The molecule has 2 aromatic carbocycles. The Morgan fingerprint density at radius 2 is 1.89 bits per heavy atom. The summed E-state index contributed by atoms with van der Waals surface area (Å²) in [5.74, 6) is -1.58. The lowest BCUT2D eigenvalue weighted by Gasteiger charge is -2.10. The Morgan fingerprint density at radius 1 is 1.09 bits per heavy atom. The Labute approximate surface area is 204 Å². The maximum absolute atomic E-state index is 12.9. The van der Waals surface area contributed by atoms with Crippen LogP contribution < -0.4 is 10.1 Å². The largest absolute Gasteiger partial charge is 0.463 e. The summed E-state index contributed by atoms with van der Waals surface area (Å²) in [6, 6.07) is 13.6. The summed E-state index contributed by atoms with van der Waals surface area (Å²) in [5.41, 5.74) is 1.52. The van der Waals surface area contributed by atoms with Crippen molar-refractivity contribution in [3.05, 3.63) is 93.5 Å². The fourth-order valence-electron chi connectivity index (χ4n) is 3.36. The third-order valence-electron chi connectivity index (χ3n) is 5.05. The van der Waals surface area contributed by atoms with Crippen LogP contribution in [0.15, 0.2) is 64.7 Å². The minimum absolute atomic E-state index is 0.0510. The normalized spacial score (nSPS) is 14.3. The van der Waals surface area contributed by atoms with Crippen molar-refractivity contribution in [2.75, 3.05) is 7.11 Å². The van der Waals surface area contributed by atoms with Gasteiger partial charge in [-0.15, -0.1) is 0 Å². The van der Waals surface area contributed by atoms with E-state index in [1.54, 1.807) is 24.3 Å². The molecular formula is C25H19ClN2O7. The summed E-state index contributed by atoms with van der Waals surface area (Å²) >= 11 is 6.11. The molecule has 1 aromatic heterocycles. The zero-order valence-electron chi connectivity index (χ0n) is 18.7. The number of nitrogens with one attached hydrogen (secondary N) is 1. The van der Waals surface area contributed by atoms with E-state index in [4.69, 9.17) is 20.8 Å². The van der Waals surface area contributed by atoms with Crippen LogP contribution in [0.5, 0.6) is 5.75 Å². The zero-order chi connectivity index (χ0) is 25.1. The lowest BCUT2D eigenvalue weighted by molar-refractivity contribution is -0.123. The average Bonchev–Trinajstić information content (AvgIpc) is 3.40. The van der Waals surface area contributed by atoms with Crippen molar-refractivity contribution < 1.29 is 33.1 Å². The SMILES string of the molecule is COC(=O)c1ccc(CN2C(=O)N/C(=C\c3cc(Cl)ccc3OC(=O)c3cccc(C)c3)C2=O)o1. The van der Waals surface area contributed by atoms with E-state index in [0.717, 1.165) is 10.5 Å². The van der Waals surface area contributed by atoms with Crippen molar-refractivity contribution in [2.24, 2.45) is 0 Å². The van der Waals surface area contributed by atoms with Crippen molar-refractivity contribution >= 4 is 41.6 Å². The predicted octanol–water partition coefficient (Wildman–Crippen LogP) is 4.34. The molecule has 0 radical (unpaired) electrons. The van der Waals surface area contributed by atoms with E-state index in [9.17, 15) is 19.2 Å². The highest BCUT2D eigenvalue weighted by molar-refractivity contribution is 6.30. The number of imide groups is 1. The maximum Gasteiger partial charge on any atom is 0.373 e. The number of methoxy groups -OCH3 is 1. The molecule has 9 nitrogen and oxygen atoms in total. The predicted molar refractivity (Wildman–Crippen MR) is 125 cm³/mol. The Morgan fingerprint density at radius 3 is 2.63 bits per heavy atom. The first-order valence-electron chi connectivity index (χ1n) is 10.3. The smallest absolute Gasteiger partial charge is 0.373 e. The van der Waals surface area contributed by atoms with E-state index in [1.807, 2.05) is 13.0 Å². The second kappa shape index (κ2) is 9.86. The van der Waals surface area contributed by atoms with Crippen LogP contribution in [0.3, 0.4) is 0 Å². The highest BCUT2D eigenvalue weighted by atomic mass is 35.5. The van der Waals surface area contributed by atoms with Gasteiger partial charge in [-0.25, -0.2) is 14.4 Å². The molecule has 178 valence electrons. The number of urea groups is 1. The molecule has 0 unspecified atom stereocenters. The quantitative estimate of drug-likeness (QED) is 0.234. The molecule has 1 N–H and O–H groups in total. The minimum atomic E-state index is -0.683. The topological polar surface area (TPSA) is 115 Å². The number of nitrogens with zero attached hydrogens (tertiary/aromatic N) is 1. The van der Waals surface area contributed by atoms with Gasteiger partial charge < -0.3 is 19.2 Å². The molecule has 0 spiro atoms. The number of hydrogen-bond acceptors (Lipinski definition) is 7. The molecule has 10 heteroatoms. The number of esters is 2. The monoisotopic (exact) mass is 494 g/mol. The van der Waals surface area contributed by atoms with Gasteiger partial charge in [0.15, 0.2) is 0 Å². The number of ether oxygens (including phenoxy) is 2. The first kappa shape index (κ1) is 23.8. The van der Waals surface area contributed by atoms with E-state index < -0.39 is 23.9 Å². The molecule has 35 heavy (non-hydrogen) atoms. The number of carbonyl (C=O) groups is 4. The summed E-state index contributed by atoms with van der Waals surface area (Å²) in [6.45, 7) is 1.65. The van der Waals surface area contributed by atoms with Gasteiger partial charge in [0.2, 0.25) is 5.76 Å². The van der Waals surface area contributed by atoms with Crippen molar-refractivity contribution in [3.63, 3.8) is 0 Å². The number of benzene rings is 2. The summed E-state index contributed by atoms with van der Waals surface area (Å²) in [7, 11) is 1.21. The standard InChI is InChI=1S/C25H19ClN2O7/c1-14-4-3-5-15(10-14)23(30)35-20-8-6-17(26)11-16(20)12-19-22(29)28(25(32)27-19)13-18-7-9-21(34-18)24(31)33-2/h3-12H,13H2,1-2H3,(H,27,32)/b19-12-. The summed E-state index contributed by atoms with van der Waals surface area (Å²) in [5, 5.41) is 2.82. The molecule has 3 amide bonds. The highest BCUT2D eigenvalue weighted by Gasteiger charge is 2.34. The van der Waals surface area contributed by atoms with Crippen LogP contribution in [-0.4, -0.2) is 35.9 Å². The Balaban J connectivity index is 1.56. The van der Waals surface area contributed by atoms with Crippen LogP contribution in [-0.2, 0) is 16.1 Å². The number of halogens is 1. The number of rotatable bonds is 6. The molecular weight excluding hydrogens is 476 g/mol. The average molecular weight is 495 g/mol. The third kappa shape index (κ3) is 5.25. The van der Waals surface area contributed by atoms with Crippen LogP contribution in [0.2, 0.25) is 5.02 Å². The van der Waals surface area contributed by atoms with Gasteiger partial charge >= 0.3 is 18.0 Å². The minimum Gasteiger partial charge on any atom is -0.463 e. The first-order valence-corrected chi connectivity index (χ1v) is 10.7. The first-order chi connectivity index (χ1) is 16.7. The molecule has 1 saturated heterocycles. The van der Waals surface area contributed by atoms with Gasteiger partial charge in [-0.3, -0.25) is 9.69 Å². The van der Waals surface area contributed by atoms with E-state index in [2.05, 4.69) is 10.1 Å². The summed E-state index contributed by atoms with van der Waals surface area (Å²) in [6.07, 6.45) is 1.37.